The molecule has 0 saturated carbocycles. The standard InChI is InChI=1S/C14H25N5O3S/c1-11-13(10-15-17-11)14(20)19-9-5-4-6-12(19)7-8-16-23(21,22)18(2)3/h10,12,16H,4-9H2,1-3H3,(H,15,17). The molecule has 23 heavy (non-hydrogen) atoms. The molecule has 130 valence electrons. The Balaban J connectivity index is 1.99. The van der Waals surface area contributed by atoms with Gasteiger partial charge in [-0.1, -0.05) is 0 Å². The van der Waals surface area contributed by atoms with Crippen molar-refractivity contribution >= 4 is 16.1 Å². The van der Waals surface area contributed by atoms with E-state index in [0.717, 1.165) is 29.3 Å². The molecular formula is C14H25N5O3S. The van der Waals surface area contributed by atoms with Gasteiger partial charge in [-0.05, 0) is 32.6 Å². The number of aromatic amines is 1. The Kier molecular flexibility index (Phi) is 5.77. The first kappa shape index (κ1) is 17.9. The van der Waals surface area contributed by atoms with E-state index >= 15 is 0 Å². The van der Waals surface area contributed by atoms with Gasteiger partial charge in [-0.15, -0.1) is 0 Å². The minimum Gasteiger partial charge on any atom is -0.336 e. The molecule has 2 rings (SSSR count). The summed E-state index contributed by atoms with van der Waals surface area (Å²) < 4.78 is 27.2. The van der Waals surface area contributed by atoms with Crippen LogP contribution >= 0.6 is 0 Å². The number of carbonyl (C=O) groups is 1. The molecule has 0 bridgehead atoms. The molecule has 2 heterocycles. The third-order valence-corrected chi connectivity index (χ3v) is 5.72. The number of aromatic nitrogens is 2. The lowest BCUT2D eigenvalue weighted by Crippen LogP contribution is -2.46. The van der Waals surface area contributed by atoms with Crippen LogP contribution in [0.25, 0.3) is 0 Å². The molecule has 1 fully saturated rings. The van der Waals surface area contributed by atoms with Gasteiger partial charge in [0, 0.05) is 38.9 Å². The zero-order valence-corrected chi connectivity index (χ0v) is 14.7. The Morgan fingerprint density at radius 3 is 2.83 bits per heavy atom. The highest BCUT2D eigenvalue weighted by atomic mass is 32.2. The SMILES string of the molecule is Cc1[nH]ncc1C(=O)N1CCCCC1CCNS(=O)(=O)N(C)C. The van der Waals surface area contributed by atoms with Gasteiger partial charge < -0.3 is 4.90 Å². The molecule has 8 nitrogen and oxygen atoms in total. The van der Waals surface area contributed by atoms with Crippen LogP contribution in [0.15, 0.2) is 6.20 Å². The molecule has 2 N–H and O–H groups in total. The Morgan fingerprint density at radius 2 is 2.22 bits per heavy atom. The number of H-pyrrole nitrogens is 1. The van der Waals surface area contributed by atoms with Crippen LogP contribution in [-0.4, -0.2) is 67.0 Å². The number of likely N-dealkylation sites (tertiary alicyclic amines) is 1. The molecule has 1 atom stereocenters. The normalized spacial score (nSPS) is 19.3. The maximum absolute atomic E-state index is 12.7. The summed E-state index contributed by atoms with van der Waals surface area (Å²) >= 11 is 0. The smallest absolute Gasteiger partial charge is 0.278 e. The third kappa shape index (κ3) is 4.30. The summed E-state index contributed by atoms with van der Waals surface area (Å²) in [7, 11) is -0.449. The highest BCUT2D eigenvalue weighted by Gasteiger charge is 2.29. The van der Waals surface area contributed by atoms with Crippen molar-refractivity contribution in [2.45, 2.75) is 38.6 Å². The van der Waals surface area contributed by atoms with E-state index in [2.05, 4.69) is 14.9 Å². The quantitative estimate of drug-likeness (QED) is 0.786. The number of hydrogen-bond donors (Lipinski definition) is 2. The topological polar surface area (TPSA) is 98.4 Å². The first-order valence-electron chi connectivity index (χ1n) is 7.81. The second-order valence-electron chi connectivity index (χ2n) is 6.03. The molecule has 0 radical (unpaired) electrons. The van der Waals surface area contributed by atoms with Gasteiger partial charge in [0.1, 0.15) is 0 Å². The van der Waals surface area contributed by atoms with Crippen molar-refractivity contribution in [2.24, 2.45) is 0 Å². The lowest BCUT2D eigenvalue weighted by molar-refractivity contribution is 0.0603. The van der Waals surface area contributed by atoms with Crippen molar-refractivity contribution in [3.63, 3.8) is 0 Å². The molecule has 1 unspecified atom stereocenters. The van der Waals surface area contributed by atoms with Gasteiger partial charge in [-0.2, -0.15) is 17.8 Å². The van der Waals surface area contributed by atoms with E-state index in [-0.39, 0.29) is 11.9 Å². The molecule has 0 aliphatic carbocycles. The van der Waals surface area contributed by atoms with Crippen molar-refractivity contribution in [3.8, 4) is 0 Å². The number of nitrogens with one attached hydrogen (secondary N) is 2. The van der Waals surface area contributed by atoms with Gasteiger partial charge in [0.25, 0.3) is 16.1 Å². The Morgan fingerprint density at radius 1 is 1.48 bits per heavy atom. The minimum atomic E-state index is -3.42. The molecule has 1 aliphatic heterocycles. The molecule has 0 aromatic carbocycles. The molecule has 1 amide bonds. The largest absolute Gasteiger partial charge is 0.336 e. The van der Waals surface area contributed by atoms with Gasteiger partial charge in [0.2, 0.25) is 0 Å². The van der Waals surface area contributed by atoms with Crippen molar-refractivity contribution in [1.82, 2.24) is 24.1 Å². The van der Waals surface area contributed by atoms with Crippen LogP contribution < -0.4 is 4.72 Å². The van der Waals surface area contributed by atoms with Crippen LogP contribution in [0.1, 0.15) is 41.7 Å². The van der Waals surface area contributed by atoms with E-state index in [4.69, 9.17) is 0 Å². The lowest BCUT2D eigenvalue weighted by Gasteiger charge is -2.36. The number of piperidine rings is 1. The van der Waals surface area contributed by atoms with Crippen LogP contribution in [0.2, 0.25) is 0 Å². The van der Waals surface area contributed by atoms with E-state index < -0.39 is 10.2 Å². The summed E-state index contributed by atoms with van der Waals surface area (Å²) in [5.74, 6) is -0.0311. The van der Waals surface area contributed by atoms with Gasteiger partial charge in [0.05, 0.1) is 11.8 Å². The third-order valence-electron chi connectivity index (χ3n) is 4.19. The first-order chi connectivity index (χ1) is 10.8. The maximum Gasteiger partial charge on any atom is 0.278 e. The van der Waals surface area contributed by atoms with E-state index in [1.165, 1.54) is 14.1 Å². The molecule has 1 aliphatic rings. The van der Waals surface area contributed by atoms with E-state index in [0.29, 0.717) is 25.1 Å². The van der Waals surface area contributed by atoms with Crippen molar-refractivity contribution < 1.29 is 13.2 Å². The average Bonchev–Trinajstić information content (AvgIpc) is 2.93. The number of carbonyl (C=O) groups excluding carboxylic acids is 1. The summed E-state index contributed by atoms with van der Waals surface area (Å²) in [6.07, 6.45) is 5.09. The lowest BCUT2D eigenvalue weighted by atomic mass is 9.98. The predicted molar refractivity (Wildman–Crippen MR) is 87.2 cm³/mol. The van der Waals surface area contributed by atoms with Crippen LogP contribution in [0.4, 0.5) is 0 Å². The summed E-state index contributed by atoms with van der Waals surface area (Å²) in [6.45, 7) is 2.85. The fourth-order valence-corrected chi connectivity index (χ4v) is 3.41. The highest BCUT2D eigenvalue weighted by Crippen LogP contribution is 2.22. The molecule has 0 spiro atoms. The fraction of sp³-hybridized carbons (Fsp3) is 0.714. The zero-order chi connectivity index (χ0) is 17.0. The number of hydrogen-bond acceptors (Lipinski definition) is 4. The van der Waals surface area contributed by atoms with Crippen molar-refractivity contribution in [2.75, 3.05) is 27.2 Å². The fourth-order valence-electron chi connectivity index (χ4n) is 2.77. The van der Waals surface area contributed by atoms with Crippen molar-refractivity contribution in [1.29, 1.82) is 0 Å². The van der Waals surface area contributed by atoms with Crippen LogP contribution in [0, 0.1) is 6.92 Å². The van der Waals surface area contributed by atoms with E-state index in [9.17, 15) is 13.2 Å². The summed E-state index contributed by atoms with van der Waals surface area (Å²) in [5, 5.41) is 6.69. The zero-order valence-electron chi connectivity index (χ0n) is 13.9. The van der Waals surface area contributed by atoms with Crippen LogP contribution in [-0.2, 0) is 10.2 Å². The van der Waals surface area contributed by atoms with Crippen LogP contribution in [0.5, 0.6) is 0 Å². The van der Waals surface area contributed by atoms with E-state index in [1.807, 2.05) is 11.8 Å². The number of amides is 1. The average molecular weight is 343 g/mol. The first-order valence-corrected chi connectivity index (χ1v) is 9.25. The predicted octanol–water partition coefficient (Wildman–Crippen LogP) is 0.499. The van der Waals surface area contributed by atoms with E-state index in [1.54, 1.807) is 6.20 Å². The Labute approximate surface area is 137 Å². The number of nitrogens with zero attached hydrogens (tertiary/aromatic N) is 3. The van der Waals surface area contributed by atoms with Gasteiger partial charge >= 0.3 is 0 Å². The van der Waals surface area contributed by atoms with Gasteiger partial charge in [-0.3, -0.25) is 9.89 Å². The molecule has 1 saturated heterocycles. The monoisotopic (exact) mass is 343 g/mol. The number of rotatable bonds is 6. The van der Waals surface area contributed by atoms with Crippen LogP contribution in [0.3, 0.4) is 0 Å². The summed E-state index contributed by atoms with van der Waals surface area (Å²) in [6, 6.07) is 0.0513. The number of aryl methyl sites for hydroxylation is 1. The maximum atomic E-state index is 12.7. The minimum absolute atomic E-state index is 0.0311. The highest BCUT2D eigenvalue weighted by molar-refractivity contribution is 7.87. The second-order valence-corrected chi connectivity index (χ2v) is 8.00. The molecular weight excluding hydrogens is 318 g/mol. The molecule has 1 aromatic heterocycles. The summed E-state index contributed by atoms with van der Waals surface area (Å²) in [4.78, 5) is 14.5. The summed E-state index contributed by atoms with van der Waals surface area (Å²) in [5.41, 5.74) is 1.35. The van der Waals surface area contributed by atoms with Gasteiger partial charge in [-0.25, -0.2) is 4.72 Å². The molecule has 9 heteroatoms. The van der Waals surface area contributed by atoms with Gasteiger partial charge in [0.15, 0.2) is 0 Å². The van der Waals surface area contributed by atoms with Crippen molar-refractivity contribution in [3.05, 3.63) is 17.5 Å². The molecule has 1 aromatic rings. The Hall–Kier alpha value is -1.45. The second kappa shape index (κ2) is 7.41. The Bertz CT molecular complexity index is 641.